The van der Waals surface area contributed by atoms with E-state index in [-0.39, 0.29) is 0 Å². The van der Waals surface area contributed by atoms with Gasteiger partial charge >= 0.3 is 0 Å². The Balaban J connectivity index is 2.24. The van der Waals surface area contributed by atoms with Gasteiger partial charge in [-0.2, -0.15) is 0 Å². The summed E-state index contributed by atoms with van der Waals surface area (Å²) in [5, 5.41) is 0. The minimum atomic E-state index is 0.602. The van der Waals surface area contributed by atoms with Crippen LogP contribution in [0, 0.1) is 5.92 Å². The Hall–Kier alpha value is -0.0400. The third-order valence-electron chi connectivity index (χ3n) is 4.15. The Morgan fingerprint density at radius 3 is 2.00 bits per heavy atom. The Morgan fingerprint density at radius 2 is 1.82 bits per heavy atom. The summed E-state index contributed by atoms with van der Waals surface area (Å²) < 4.78 is 0. The van der Waals surface area contributed by atoms with Crippen LogP contribution >= 0.6 is 0 Å². The van der Waals surface area contributed by atoms with Crippen molar-refractivity contribution < 1.29 is 0 Å². The quantitative estimate of drug-likeness (QED) is 0.558. The highest BCUT2D eigenvalue weighted by atomic mass is 15.3. The predicted octanol–water partition coefficient (Wildman–Crippen LogP) is 2.27. The van der Waals surface area contributed by atoms with Crippen LogP contribution in [0.25, 0.3) is 0 Å². The summed E-state index contributed by atoms with van der Waals surface area (Å²) in [6.07, 6.45) is 5.81. The van der Waals surface area contributed by atoms with E-state index in [9.17, 15) is 0 Å². The van der Waals surface area contributed by atoms with E-state index >= 15 is 0 Å². The van der Waals surface area contributed by atoms with E-state index in [1.807, 2.05) is 0 Å². The molecule has 0 atom stereocenters. The number of fused-ring (bicyclic) bond motifs is 2. The van der Waals surface area contributed by atoms with Crippen LogP contribution in [0.15, 0.2) is 0 Å². The minimum absolute atomic E-state index is 0.602. The van der Waals surface area contributed by atoms with Gasteiger partial charge in [-0.25, -0.2) is 0 Å². The van der Waals surface area contributed by atoms with Crippen molar-refractivity contribution >= 4 is 0 Å². The smallest absolute Gasteiger partial charge is 0.0233 e. The molecule has 64 valence electrons. The molecular weight excluding hydrogens is 134 g/mol. The molecule has 0 N–H and O–H groups in total. The summed E-state index contributed by atoms with van der Waals surface area (Å²) in [6.45, 7) is 4.76. The summed E-state index contributed by atoms with van der Waals surface area (Å²) >= 11 is 0. The summed E-state index contributed by atoms with van der Waals surface area (Å²) in [7, 11) is 2.32. The molecule has 0 aliphatic carbocycles. The molecule has 2 heterocycles. The fourth-order valence-corrected chi connectivity index (χ4v) is 3.19. The molecule has 2 aliphatic rings. The summed E-state index contributed by atoms with van der Waals surface area (Å²) in [4.78, 5) is 2.65. The molecule has 0 spiro atoms. The van der Waals surface area contributed by atoms with Gasteiger partial charge in [0.2, 0.25) is 0 Å². The molecule has 0 saturated carbocycles. The second kappa shape index (κ2) is 2.22. The van der Waals surface area contributed by atoms with Crippen LogP contribution in [0.2, 0.25) is 0 Å². The van der Waals surface area contributed by atoms with E-state index in [4.69, 9.17) is 0 Å². The molecule has 1 nitrogen and oxygen atoms in total. The van der Waals surface area contributed by atoms with Crippen LogP contribution in [0.4, 0.5) is 0 Å². The summed E-state index contributed by atoms with van der Waals surface area (Å²) in [5.74, 6) is 0.847. The first kappa shape index (κ1) is 7.60. The molecule has 2 bridgehead atoms. The zero-order valence-corrected chi connectivity index (χ0v) is 7.93. The number of hydrogen-bond acceptors (Lipinski definition) is 1. The van der Waals surface area contributed by atoms with Crippen molar-refractivity contribution in [2.75, 3.05) is 7.05 Å². The molecule has 2 fully saturated rings. The SMILES string of the molecule is CC(C)C12CCC(CC1)N2C. The number of hydrogen-bond donors (Lipinski definition) is 0. The van der Waals surface area contributed by atoms with E-state index in [0.29, 0.717) is 5.54 Å². The molecule has 1 heteroatoms. The number of rotatable bonds is 1. The topological polar surface area (TPSA) is 3.24 Å². The van der Waals surface area contributed by atoms with Gasteiger partial charge in [-0.1, -0.05) is 13.8 Å². The van der Waals surface area contributed by atoms with Crippen molar-refractivity contribution in [3.8, 4) is 0 Å². The van der Waals surface area contributed by atoms with Gasteiger partial charge < -0.3 is 0 Å². The Morgan fingerprint density at radius 1 is 1.27 bits per heavy atom. The van der Waals surface area contributed by atoms with Crippen LogP contribution in [-0.4, -0.2) is 23.5 Å². The van der Waals surface area contributed by atoms with E-state index in [1.54, 1.807) is 0 Å². The molecular formula is C10H19N. The van der Waals surface area contributed by atoms with Gasteiger partial charge in [0.1, 0.15) is 0 Å². The zero-order valence-electron chi connectivity index (χ0n) is 7.93. The standard InChI is InChI=1S/C10H19N/c1-8(2)10-6-4-9(5-7-10)11(10)3/h8-9H,4-7H2,1-3H3. The van der Waals surface area contributed by atoms with E-state index < -0.39 is 0 Å². The van der Waals surface area contributed by atoms with Crippen LogP contribution in [0.3, 0.4) is 0 Å². The molecule has 0 aromatic rings. The van der Waals surface area contributed by atoms with E-state index in [0.717, 1.165) is 12.0 Å². The Labute approximate surface area is 69.8 Å². The number of nitrogens with zero attached hydrogens (tertiary/aromatic N) is 1. The van der Waals surface area contributed by atoms with Gasteiger partial charge in [0.25, 0.3) is 0 Å². The van der Waals surface area contributed by atoms with Crippen LogP contribution in [0.1, 0.15) is 39.5 Å². The second-order valence-electron chi connectivity index (χ2n) is 4.60. The van der Waals surface area contributed by atoms with Crippen molar-refractivity contribution in [2.45, 2.75) is 51.1 Å². The Kier molecular flexibility index (Phi) is 1.54. The average molecular weight is 153 g/mol. The lowest BCUT2D eigenvalue weighted by Gasteiger charge is -2.36. The first-order valence-electron chi connectivity index (χ1n) is 4.90. The molecule has 2 saturated heterocycles. The van der Waals surface area contributed by atoms with Crippen molar-refractivity contribution in [3.05, 3.63) is 0 Å². The molecule has 11 heavy (non-hydrogen) atoms. The lowest BCUT2D eigenvalue weighted by atomic mass is 9.79. The summed E-state index contributed by atoms with van der Waals surface area (Å²) in [6, 6.07) is 0.928. The second-order valence-corrected chi connectivity index (χ2v) is 4.60. The van der Waals surface area contributed by atoms with Gasteiger partial charge in [-0.05, 0) is 38.6 Å². The van der Waals surface area contributed by atoms with Crippen molar-refractivity contribution in [1.82, 2.24) is 4.90 Å². The highest BCUT2D eigenvalue weighted by Crippen LogP contribution is 2.49. The van der Waals surface area contributed by atoms with E-state index in [2.05, 4.69) is 25.8 Å². The highest BCUT2D eigenvalue weighted by Gasteiger charge is 2.50. The van der Waals surface area contributed by atoms with Crippen molar-refractivity contribution in [2.24, 2.45) is 5.92 Å². The monoisotopic (exact) mass is 153 g/mol. The third kappa shape index (κ3) is 0.807. The summed E-state index contributed by atoms with van der Waals surface area (Å²) in [5.41, 5.74) is 0.602. The maximum atomic E-state index is 2.65. The van der Waals surface area contributed by atoms with Gasteiger partial charge in [0, 0.05) is 11.6 Å². The van der Waals surface area contributed by atoms with Crippen LogP contribution < -0.4 is 0 Å². The lowest BCUT2D eigenvalue weighted by Crippen LogP contribution is -2.42. The first-order valence-corrected chi connectivity index (χ1v) is 4.90. The van der Waals surface area contributed by atoms with Crippen LogP contribution in [-0.2, 0) is 0 Å². The predicted molar refractivity (Wildman–Crippen MR) is 47.6 cm³/mol. The van der Waals surface area contributed by atoms with Crippen LogP contribution in [0.5, 0.6) is 0 Å². The van der Waals surface area contributed by atoms with Crippen molar-refractivity contribution in [1.29, 1.82) is 0 Å². The first-order chi connectivity index (χ1) is 5.17. The van der Waals surface area contributed by atoms with Gasteiger partial charge in [0.05, 0.1) is 0 Å². The fourth-order valence-electron chi connectivity index (χ4n) is 3.19. The minimum Gasteiger partial charge on any atom is -0.297 e. The Bertz CT molecular complexity index is 154. The largest absolute Gasteiger partial charge is 0.297 e. The van der Waals surface area contributed by atoms with Gasteiger partial charge in [-0.15, -0.1) is 0 Å². The van der Waals surface area contributed by atoms with Crippen molar-refractivity contribution in [3.63, 3.8) is 0 Å². The zero-order chi connectivity index (χ0) is 8.06. The maximum Gasteiger partial charge on any atom is 0.0233 e. The lowest BCUT2D eigenvalue weighted by molar-refractivity contribution is 0.135. The molecule has 0 aromatic heterocycles. The molecule has 0 unspecified atom stereocenters. The molecule has 0 aromatic carbocycles. The molecule has 0 amide bonds. The van der Waals surface area contributed by atoms with Gasteiger partial charge in [0.15, 0.2) is 0 Å². The van der Waals surface area contributed by atoms with E-state index in [1.165, 1.54) is 25.7 Å². The maximum absolute atomic E-state index is 2.65. The third-order valence-corrected chi connectivity index (χ3v) is 4.15. The molecule has 2 aliphatic heterocycles. The highest BCUT2D eigenvalue weighted by molar-refractivity contribution is 5.06. The average Bonchev–Trinajstić information content (AvgIpc) is 2.46. The normalized spacial score (nSPS) is 44.2. The fraction of sp³-hybridized carbons (Fsp3) is 1.00. The van der Waals surface area contributed by atoms with Gasteiger partial charge in [-0.3, -0.25) is 4.90 Å². The molecule has 2 rings (SSSR count). The molecule has 0 radical (unpaired) electrons.